The van der Waals surface area contributed by atoms with Crippen LogP contribution in [0.25, 0.3) is 22.1 Å². The molecule has 8 aromatic rings. The molecule has 8 rings (SSSR count). The molecule has 0 aliphatic rings. The summed E-state index contributed by atoms with van der Waals surface area (Å²) in [7, 11) is -7.57. The molecule has 0 fully saturated rings. The number of nitrogens with one attached hydrogen (secondary N) is 1. The largest absolute Gasteiger partial charge is 0.399 e. The first-order chi connectivity index (χ1) is 26.3. The normalized spacial score (nSPS) is 11.3. The summed E-state index contributed by atoms with van der Waals surface area (Å²) in [6, 6.07) is 33.9. The lowest BCUT2D eigenvalue weighted by atomic mass is 10.2. The summed E-state index contributed by atoms with van der Waals surface area (Å²) in [5.41, 5.74) is 19.8. The van der Waals surface area contributed by atoms with Crippen molar-refractivity contribution in [2.75, 3.05) is 22.5 Å². The molecule has 4 aromatic carbocycles. The third-order valence-corrected chi connectivity index (χ3v) is 13.0. The molecule has 0 bridgehead atoms. The zero-order valence-electron chi connectivity index (χ0n) is 28.2. The first-order valence-electron chi connectivity index (χ1n) is 15.8. The van der Waals surface area contributed by atoms with Gasteiger partial charge in [0.05, 0.1) is 20.6 Å². The Hall–Kier alpha value is -5.53. The topological polar surface area (TPSA) is 220 Å². The van der Waals surface area contributed by atoms with E-state index in [9.17, 15) is 16.8 Å². The van der Waals surface area contributed by atoms with Crippen LogP contribution >= 0.6 is 43.5 Å². The summed E-state index contributed by atoms with van der Waals surface area (Å²) in [5.74, 6) is 0.480. The van der Waals surface area contributed by atoms with Gasteiger partial charge in [0.2, 0.25) is 0 Å². The Bertz CT molecular complexity index is 2840. The number of benzene rings is 4. The highest BCUT2D eigenvalue weighted by molar-refractivity contribution is 9.10. The van der Waals surface area contributed by atoms with E-state index in [0.717, 1.165) is 13.6 Å². The van der Waals surface area contributed by atoms with Crippen molar-refractivity contribution in [3.8, 4) is 0 Å². The minimum atomic E-state index is -3.82. The molecule has 0 saturated carbocycles. The predicted octanol–water partition coefficient (Wildman–Crippen LogP) is 7.69. The molecule has 4 heterocycles. The molecule has 0 atom stereocenters. The van der Waals surface area contributed by atoms with Gasteiger partial charge in [-0.3, -0.25) is 0 Å². The number of aromatic nitrogens is 6. The van der Waals surface area contributed by atoms with Crippen LogP contribution in [0.3, 0.4) is 0 Å². The Morgan fingerprint density at radius 3 is 1.49 bits per heavy atom. The number of hydrogen-bond acceptors (Lipinski definition) is 12. The number of nitrogens with two attached hydrogens (primary N) is 3. The maximum absolute atomic E-state index is 13.1. The SMILES string of the molecule is Nc1cccc(N)c1.Nc1cccc(Nc2ncnc3c2cc(Br)n3S(=O)(=O)c2ccccc2)c1.O=S(=O)(c1ccccc1)n1c(Br)cc2c(Cl)ncnc21. The second-order valence-corrected chi connectivity index (χ2v) is 16.9. The fourth-order valence-electron chi connectivity index (χ4n) is 5.16. The minimum Gasteiger partial charge on any atom is -0.399 e. The zero-order valence-corrected chi connectivity index (χ0v) is 33.8. The number of nitrogen functional groups attached to an aromatic ring is 3. The van der Waals surface area contributed by atoms with Gasteiger partial charge in [0, 0.05) is 22.7 Å². The standard InChI is InChI=1S/C18H14BrN5O2S.C12H7BrClN3O2S.C6H8N2/c19-16-10-15-17(23-13-6-4-5-12(20)9-13)21-11-22-18(15)24(16)27(25,26)14-7-2-1-3-8-14;13-10-6-9-11(14)15-7-16-12(9)17(10)20(18,19)8-4-2-1-3-5-8;7-5-2-1-3-6(8)4-5/h1-11H,20H2,(H,21,22,23);1-7H;1-4H,7-8H2. The summed E-state index contributed by atoms with van der Waals surface area (Å²) in [6.45, 7) is 0. The van der Waals surface area contributed by atoms with Gasteiger partial charge in [0.1, 0.15) is 32.8 Å². The van der Waals surface area contributed by atoms with E-state index in [0.29, 0.717) is 42.9 Å². The molecular weight excluding hydrogens is 896 g/mol. The van der Waals surface area contributed by atoms with Gasteiger partial charge in [-0.05, 0) is 105 Å². The van der Waals surface area contributed by atoms with Crippen molar-refractivity contribution in [1.29, 1.82) is 0 Å². The zero-order chi connectivity index (χ0) is 39.3. The van der Waals surface area contributed by atoms with Crippen LogP contribution in [0.2, 0.25) is 5.15 Å². The number of hydrogen-bond donors (Lipinski definition) is 4. The van der Waals surface area contributed by atoms with Crippen molar-refractivity contribution in [2.45, 2.75) is 9.79 Å². The number of halogens is 3. The van der Waals surface area contributed by atoms with Gasteiger partial charge in [0.15, 0.2) is 11.3 Å². The van der Waals surface area contributed by atoms with Crippen LogP contribution in [0.15, 0.2) is 153 Å². The molecule has 0 aliphatic heterocycles. The van der Waals surface area contributed by atoms with E-state index in [2.05, 4.69) is 57.1 Å². The van der Waals surface area contributed by atoms with Crippen molar-refractivity contribution in [3.63, 3.8) is 0 Å². The van der Waals surface area contributed by atoms with Crippen LogP contribution in [0.1, 0.15) is 0 Å². The number of nitrogens with zero attached hydrogens (tertiary/aromatic N) is 6. The lowest BCUT2D eigenvalue weighted by Gasteiger charge is -2.09. The minimum absolute atomic E-state index is 0.173. The van der Waals surface area contributed by atoms with E-state index in [1.165, 1.54) is 24.8 Å². The molecule has 0 spiro atoms. The van der Waals surface area contributed by atoms with Gasteiger partial charge in [-0.2, -0.15) is 0 Å². The van der Waals surface area contributed by atoms with E-state index >= 15 is 0 Å². The third kappa shape index (κ3) is 8.58. The Balaban J connectivity index is 0.000000160. The Morgan fingerprint density at radius 2 is 1.00 bits per heavy atom. The summed E-state index contributed by atoms with van der Waals surface area (Å²) < 4.78 is 54.5. The number of rotatable bonds is 6. The van der Waals surface area contributed by atoms with Crippen LogP contribution in [0.4, 0.5) is 28.6 Å². The third-order valence-electron chi connectivity index (χ3n) is 7.60. The first kappa shape index (κ1) is 39.2. The van der Waals surface area contributed by atoms with Crippen LogP contribution in [0, 0.1) is 0 Å². The molecule has 7 N–H and O–H groups in total. The highest BCUT2D eigenvalue weighted by Crippen LogP contribution is 2.33. The fourth-order valence-corrected chi connectivity index (χ4v) is 10.0. The summed E-state index contributed by atoms with van der Waals surface area (Å²) >= 11 is 12.5. The molecule has 0 unspecified atom stereocenters. The average molecular weight is 925 g/mol. The van der Waals surface area contributed by atoms with E-state index in [1.54, 1.807) is 91.0 Å². The fraction of sp³-hybridized carbons (Fsp3) is 0. The van der Waals surface area contributed by atoms with Crippen molar-refractivity contribution in [1.82, 2.24) is 27.9 Å². The van der Waals surface area contributed by atoms with Crippen LogP contribution in [-0.2, 0) is 20.0 Å². The van der Waals surface area contributed by atoms with Crippen LogP contribution in [0.5, 0.6) is 0 Å². The molecule has 55 heavy (non-hydrogen) atoms. The molecule has 4 aromatic heterocycles. The maximum Gasteiger partial charge on any atom is 0.270 e. The predicted molar refractivity (Wildman–Crippen MR) is 223 cm³/mol. The lowest BCUT2D eigenvalue weighted by Crippen LogP contribution is -2.13. The van der Waals surface area contributed by atoms with Gasteiger partial charge in [0.25, 0.3) is 20.0 Å². The summed E-state index contributed by atoms with van der Waals surface area (Å²) in [5, 5.41) is 4.40. The van der Waals surface area contributed by atoms with Crippen molar-refractivity contribution in [3.05, 3.63) is 148 Å². The second kappa shape index (κ2) is 16.5. The summed E-state index contributed by atoms with van der Waals surface area (Å²) in [4.78, 5) is 16.6. The smallest absolute Gasteiger partial charge is 0.270 e. The highest BCUT2D eigenvalue weighted by Gasteiger charge is 2.25. The van der Waals surface area contributed by atoms with Crippen molar-refractivity contribution in [2.24, 2.45) is 0 Å². The molecule has 0 radical (unpaired) electrons. The average Bonchev–Trinajstić information content (AvgIpc) is 3.70. The van der Waals surface area contributed by atoms with E-state index in [1.807, 2.05) is 18.2 Å². The molecule has 280 valence electrons. The van der Waals surface area contributed by atoms with Crippen LogP contribution < -0.4 is 22.5 Å². The van der Waals surface area contributed by atoms with E-state index in [4.69, 9.17) is 28.8 Å². The maximum atomic E-state index is 13.1. The first-order valence-corrected chi connectivity index (χ1v) is 20.7. The molecular formula is C36H29Br2ClN10O4S2. The molecule has 19 heteroatoms. The Kier molecular flexibility index (Phi) is 11.7. The van der Waals surface area contributed by atoms with Crippen molar-refractivity contribution >= 4 is 114 Å². The second-order valence-electron chi connectivity index (χ2n) is 11.4. The van der Waals surface area contributed by atoms with Gasteiger partial charge in [-0.1, -0.05) is 60.1 Å². The van der Waals surface area contributed by atoms with E-state index in [-0.39, 0.29) is 26.2 Å². The molecule has 0 aliphatic carbocycles. The van der Waals surface area contributed by atoms with E-state index < -0.39 is 20.0 Å². The lowest BCUT2D eigenvalue weighted by molar-refractivity contribution is 0.586. The highest BCUT2D eigenvalue weighted by atomic mass is 79.9. The van der Waals surface area contributed by atoms with Gasteiger partial charge < -0.3 is 22.5 Å². The Labute approximate surface area is 337 Å². The summed E-state index contributed by atoms with van der Waals surface area (Å²) in [6.07, 6.45) is 2.55. The molecule has 0 amide bonds. The van der Waals surface area contributed by atoms with Gasteiger partial charge >= 0.3 is 0 Å². The van der Waals surface area contributed by atoms with Crippen molar-refractivity contribution < 1.29 is 16.8 Å². The Morgan fingerprint density at radius 1 is 0.545 bits per heavy atom. The van der Waals surface area contributed by atoms with Gasteiger partial charge in [-0.15, -0.1) is 0 Å². The van der Waals surface area contributed by atoms with Crippen LogP contribution in [-0.4, -0.2) is 44.7 Å². The monoisotopic (exact) mass is 922 g/mol. The number of fused-ring (bicyclic) bond motifs is 2. The number of anilines is 5. The quantitative estimate of drug-likeness (QED) is 0.0932. The van der Waals surface area contributed by atoms with Gasteiger partial charge in [-0.25, -0.2) is 44.7 Å². The molecule has 14 nitrogen and oxygen atoms in total. The molecule has 0 saturated heterocycles.